The summed E-state index contributed by atoms with van der Waals surface area (Å²) in [6.07, 6.45) is 2.82. The Balaban J connectivity index is 1.51. The molecule has 0 aliphatic carbocycles. The molecule has 0 atom stereocenters. The van der Waals surface area contributed by atoms with Crippen LogP contribution in [0.25, 0.3) is 0 Å². The maximum Gasteiger partial charge on any atom is 0.224 e. The molecule has 3 rings (SSSR count). The highest BCUT2D eigenvalue weighted by Gasteiger charge is 2.19. The average Bonchev–Trinajstić information content (AvgIpc) is 2.86. The Labute approximate surface area is 201 Å². The van der Waals surface area contributed by atoms with Crippen molar-refractivity contribution in [1.82, 2.24) is 4.90 Å². The molecule has 0 radical (unpaired) electrons. The van der Waals surface area contributed by atoms with Gasteiger partial charge in [-0.3, -0.25) is 9.59 Å². The van der Waals surface area contributed by atoms with Crippen molar-refractivity contribution in [2.45, 2.75) is 32.1 Å². The van der Waals surface area contributed by atoms with Gasteiger partial charge in [0.15, 0.2) is 11.5 Å². The minimum Gasteiger partial charge on any atom is -0.493 e. The van der Waals surface area contributed by atoms with Gasteiger partial charge < -0.3 is 29.2 Å². The van der Waals surface area contributed by atoms with Crippen molar-refractivity contribution in [3.8, 4) is 17.2 Å². The van der Waals surface area contributed by atoms with Gasteiger partial charge in [0.2, 0.25) is 11.8 Å². The summed E-state index contributed by atoms with van der Waals surface area (Å²) in [5.41, 5.74) is 2.90. The van der Waals surface area contributed by atoms with Crippen LogP contribution in [0.15, 0.2) is 36.4 Å². The predicted octanol–water partition coefficient (Wildman–Crippen LogP) is 3.47. The second-order valence-electron chi connectivity index (χ2n) is 8.10. The summed E-state index contributed by atoms with van der Waals surface area (Å²) in [6.45, 7) is 2.04. The zero-order chi connectivity index (χ0) is 24.3. The number of nitrogens with one attached hydrogen (secondary N) is 1. The van der Waals surface area contributed by atoms with Gasteiger partial charge in [-0.05, 0) is 49.1 Å². The van der Waals surface area contributed by atoms with Gasteiger partial charge in [0.1, 0.15) is 5.75 Å². The molecule has 0 unspecified atom stereocenters. The number of fused-ring (bicyclic) bond motifs is 1. The molecule has 0 fully saturated rings. The van der Waals surface area contributed by atoms with Gasteiger partial charge >= 0.3 is 0 Å². The minimum atomic E-state index is 0.0273. The quantitative estimate of drug-likeness (QED) is 0.451. The van der Waals surface area contributed by atoms with E-state index in [2.05, 4.69) is 5.32 Å². The maximum absolute atomic E-state index is 12.9. The van der Waals surface area contributed by atoms with E-state index in [-0.39, 0.29) is 11.8 Å². The number of methoxy groups -OCH3 is 3. The number of hydrogen-bond donors (Lipinski definition) is 1. The Hall–Kier alpha value is -3.26. The average molecular weight is 471 g/mol. The van der Waals surface area contributed by atoms with E-state index in [9.17, 15) is 9.59 Å². The van der Waals surface area contributed by atoms with Gasteiger partial charge in [0.05, 0.1) is 27.4 Å². The first kappa shape index (κ1) is 25.4. The van der Waals surface area contributed by atoms with E-state index in [1.807, 2.05) is 41.3 Å². The summed E-state index contributed by atoms with van der Waals surface area (Å²) in [7, 11) is 4.85. The van der Waals surface area contributed by atoms with E-state index >= 15 is 0 Å². The number of benzene rings is 2. The molecule has 0 bridgehead atoms. The third kappa shape index (κ3) is 6.87. The predicted molar refractivity (Wildman–Crippen MR) is 130 cm³/mol. The van der Waals surface area contributed by atoms with Crippen molar-refractivity contribution < 1.29 is 28.5 Å². The SMILES string of the molecule is COCCN(CCc1ccc(OC)c(OC)c1)C(=O)CCCOc1cccc2c1CCC(=O)N2. The van der Waals surface area contributed by atoms with Crippen molar-refractivity contribution in [3.05, 3.63) is 47.5 Å². The van der Waals surface area contributed by atoms with Crippen LogP contribution in [0.5, 0.6) is 17.2 Å². The molecule has 1 aliphatic heterocycles. The normalized spacial score (nSPS) is 12.5. The Morgan fingerprint density at radius 2 is 1.79 bits per heavy atom. The lowest BCUT2D eigenvalue weighted by molar-refractivity contribution is -0.132. The number of carbonyl (C=O) groups excluding carboxylic acids is 2. The molecule has 1 N–H and O–H groups in total. The van der Waals surface area contributed by atoms with Crippen LogP contribution in [-0.2, 0) is 27.2 Å². The van der Waals surface area contributed by atoms with E-state index in [1.165, 1.54) is 0 Å². The van der Waals surface area contributed by atoms with Crippen LogP contribution in [0.3, 0.4) is 0 Å². The number of ether oxygens (including phenoxy) is 4. The van der Waals surface area contributed by atoms with Gasteiger partial charge in [-0.1, -0.05) is 12.1 Å². The summed E-state index contributed by atoms with van der Waals surface area (Å²) in [5.74, 6) is 2.23. The fraction of sp³-hybridized carbons (Fsp3) is 0.462. The van der Waals surface area contributed by atoms with Crippen LogP contribution in [0.4, 0.5) is 5.69 Å². The largest absolute Gasteiger partial charge is 0.493 e. The molecule has 184 valence electrons. The molecule has 8 nitrogen and oxygen atoms in total. The zero-order valence-corrected chi connectivity index (χ0v) is 20.2. The maximum atomic E-state index is 12.9. The van der Waals surface area contributed by atoms with Crippen molar-refractivity contribution in [1.29, 1.82) is 0 Å². The standard InChI is InChI=1S/C26H34N2O6/c1-31-17-15-28(14-13-19-9-11-23(32-2)24(18-19)33-3)26(30)8-5-16-34-22-7-4-6-21-20(22)10-12-25(29)27-21/h4,6-7,9,11,18H,5,8,10,12-17H2,1-3H3,(H,27,29). The van der Waals surface area contributed by atoms with Gasteiger partial charge in [0, 0.05) is 44.3 Å². The molecule has 1 heterocycles. The number of rotatable bonds is 13. The van der Waals surface area contributed by atoms with Crippen LogP contribution in [0.2, 0.25) is 0 Å². The molecular formula is C26H34N2O6. The Morgan fingerprint density at radius 1 is 0.971 bits per heavy atom. The molecule has 34 heavy (non-hydrogen) atoms. The first-order valence-electron chi connectivity index (χ1n) is 11.6. The highest BCUT2D eigenvalue weighted by molar-refractivity contribution is 5.94. The Morgan fingerprint density at radius 3 is 2.56 bits per heavy atom. The second-order valence-corrected chi connectivity index (χ2v) is 8.10. The van der Waals surface area contributed by atoms with E-state index < -0.39 is 0 Å². The van der Waals surface area contributed by atoms with E-state index in [4.69, 9.17) is 18.9 Å². The lowest BCUT2D eigenvalue weighted by Gasteiger charge is -2.23. The van der Waals surface area contributed by atoms with Crippen LogP contribution >= 0.6 is 0 Å². The summed E-state index contributed by atoms with van der Waals surface area (Å²) < 4.78 is 21.8. The first-order valence-corrected chi connectivity index (χ1v) is 11.6. The third-order valence-electron chi connectivity index (χ3n) is 5.84. The van der Waals surface area contributed by atoms with Crippen molar-refractivity contribution in [2.75, 3.05) is 52.9 Å². The molecule has 2 aromatic carbocycles. The molecule has 8 heteroatoms. The highest BCUT2D eigenvalue weighted by atomic mass is 16.5. The Bertz CT molecular complexity index is 978. The number of carbonyl (C=O) groups is 2. The summed E-state index contributed by atoms with van der Waals surface area (Å²) in [6, 6.07) is 11.5. The van der Waals surface area contributed by atoms with E-state index in [0.29, 0.717) is 69.9 Å². The highest BCUT2D eigenvalue weighted by Crippen LogP contribution is 2.31. The first-order chi connectivity index (χ1) is 16.5. The molecular weight excluding hydrogens is 436 g/mol. The summed E-state index contributed by atoms with van der Waals surface area (Å²) >= 11 is 0. The van der Waals surface area contributed by atoms with Crippen LogP contribution in [0.1, 0.15) is 30.4 Å². The van der Waals surface area contributed by atoms with E-state index in [0.717, 1.165) is 22.6 Å². The summed E-state index contributed by atoms with van der Waals surface area (Å²) in [4.78, 5) is 26.3. The topological polar surface area (TPSA) is 86.3 Å². The van der Waals surface area contributed by atoms with Crippen LogP contribution < -0.4 is 19.5 Å². The number of nitrogens with zero attached hydrogens (tertiary/aromatic N) is 1. The van der Waals surface area contributed by atoms with Crippen molar-refractivity contribution >= 4 is 17.5 Å². The fourth-order valence-electron chi connectivity index (χ4n) is 3.95. The smallest absolute Gasteiger partial charge is 0.224 e. The lowest BCUT2D eigenvalue weighted by atomic mass is 10.0. The van der Waals surface area contributed by atoms with Crippen LogP contribution in [-0.4, -0.2) is 64.3 Å². The van der Waals surface area contributed by atoms with Crippen LogP contribution in [0, 0.1) is 0 Å². The van der Waals surface area contributed by atoms with Crippen molar-refractivity contribution in [3.63, 3.8) is 0 Å². The third-order valence-corrected chi connectivity index (χ3v) is 5.84. The lowest BCUT2D eigenvalue weighted by Crippen LogP contribution is -2.35. The number of hydrogen-bond acceptors (Lipinski definition) is 6. The Kier molecular flexibility index (Phi) is 9.58. The number of amides is 2. The van der Waals surface area contributed by atoms with Gasteiger partial charge in [-0.15, -0.1) is 0 Å². The zero-order valence-electron chi connectivity index (χ0n) is 20.2. The minimum absolute atomic E-state index is 0.0273. The molecule has 0 spiro atoms. The molecule has 0 saturated heterocycles. The fourth-order valence-corrected chi connectivity index (χ4v) is 3.95. The molecule has 0 aromatic heterocycles. The van der Waals surface area contributed by atoms with Gasteiger partial charge in [-0.2, -0.15) is 0 Å². The molecule has 2 aromatic rings. The molecule has 1 aliphatic rings. The molecule has 2 amide bonds. The van der Waals surface area contributed by atoms with E-state index in [1.54, 1.807) is 21.3 Å². The molecule has 0 saturated carbocycles. The second kappa shape index (κ2) is 12.8. The monoisotopic (exact) mass is 470 g/mol. The van der Waals surface area contributed by atoms with Gasteiger partial charge in [0.25, 0.3) is 0 Å². The number of anilines is 1. The van der Waals surface area contributed by atoms with Crippen molar-refractivity contribution in [2.24, 2.45) is 0 Å². The van der Waals surface area contributed by atoms with Gasteiger partial charge in [-0.25, -0.2) is 0 Å². The summed E-state index contributed by atoms with van der Waals surface area (Å²) in [5, 5.41) is 2.88.